The Labute approximate surface area is 121 Å². The van der Waals surface area contributed by atoms with Crippen molar-refractivity contribution in [3.63, 3.8) is 0 Å². The van der Waals surface area contributed by atoms with E-state index in [9.17, 15) is 4.79 Å². The van der Waals surface area contributed by atoms with Crippen molar-refractivity contribution in [2.24, 2.45) is 0 Å². The van der Waals surface area contributed by atoms with E-state index in [1.54, 1.807) is 18.2 Å². The SMILES string of the molecule is O=C(C=CC#Cc1ccc(Br)cc1)c1ccccc1. The molecule has 92 valence electrons. The fourth-order valence-electron chi connectivity index (χ4n) is 1.47. The van der Waals surface area contributed by atoms with Crippen LogP contribution >= 0.6 is 15.9 Å². The highest BCUT2D eigenvalue weighted by Crippen LogP contribution is 2.09. The Bertz CT molecular complexity index is 643. The fourth-order valence-corrected chi connectivity index (χ4v) is 1.74. The normalized spacial score (nSPS) is 9.95. The second kappa shape index (κ2) is 6.72. The lowest BCUT2D eigenvalue weighted by molar-refractivity contribution is 0.104. The Balaban J connectivity index is 2.01. The molecule has 0 atom stereocenters. The van der Waals surface area contributed by atoms with Crippen LogP contribution in [0.5, 0.6) is 0 Å². The van der Waals surface area contributed by atoms with Gasteiger partial charge in [-0.1, -0.05) is 58.1 Å². The van der Waals surface area contributed by atoms with Crippen molar-refractivity contribution in [3.05, 3.63) is 82.3 Å². The molecule has 0 saturated heterocycles. The van der Waals surface area contributed by atoms with Crippen LogP contribution in [0, 0.1) is 11.8 Å². The molecule has 2 aromatic carbocycles. The number of ketones is 1. The average molecular weight is 311 g/mol. The zero-order chi connectivity index (χ0) is 13.5. The van der Waals surface area contributed by atoms with Crippen molar-refractivity contribution in [2.75, 3.05) is 0 Å². The van der Waals surface area contributed by atoms with Gasteiger partial charge in [-0.05, 0) is 36.4 Å². The lowest BCUT2D eigenvalue weighted by Gasteiger charge is -1.92. The summed E-state index contributed by atoms with van der Waals surface area (Å²) in [6, 6.07) is 16.8. The van der Waals surface area contributed by atoms with E-state index in [4.69, 9.17) is 0 Å². The topological polar surface area (TPSA) is 17.1 Å². The number of carbonyl (C=O) groups is 1. The first-order valence-corrected chi connectivity index (χ1v) is 6.58. The number of carbonyl (C=O) groups excluding carboxylic acids is 1. The standard InChI is InChI=1S/C17H11BrO/c18-16-12-10-14(11-13-16)6-4-5-9-17(19)15-7-2-1-3-8-15/h1-3,5,7-13H. The molecule has 2 aromatic rings. The van der Waals surface area contributed by atoms with Gasteiger partial charge in [0.05, 0.1) is 0 Å². The highest BCUT2D eigenvalue weighted by Gasteiger charge is 1.97. The van der Waals surface area contributed by atoms with E-state index in [1.165, 1.54) is 6.08 Å². The van der Waals surface area contributed by atoms with Gasteiger partial charge in [-0.25, -0.2) is 0 Å². The third kappa shape index (κ3) is 4.24. The van der Waals surface area contributed by atoms with Crippen molar-refractivity contribution in [1.82, 2.24) is 0 Å². The summed E-state index contributed by atoms with van der Waals surface area (Å²) >= 11 is 3.37. The predicted molar refractivity (Wildman–Crippen MR) is 80.9 cm³/mol. The minimum Gasteiger partial charge on any atom is -0.289 e. The molecule has 0 spiro atoms. The summed E-state index contributed by atoms with van der Waals surface area (Å²) in [6.45, 7) is 0. The van der Waals surface area contributed by atoms with Crippen molar-refractivity contribution in [1.29, 1.82) is 0 Å². The van der Waals surface area contributed by atoms with Gasteiger partial charge in [0.25, 0.3) is 0 Å². The number of hydrogen-bond acceptors (Lipinski definition) is 1. The Kier molecular flexibility index (Phi) is 4.72. The second-order valence-electron chi connectivity index (χ2n) is 3.84. The lowest BCUT2D eigenvalue weighted by atomic mass is 10.1. The minimum absolute atomic E-state index is 0.0364. The van der Waals surface area contributed by atoms with Crippen molar-refractivity contribution < 1.29 is 4.79 Å². The van der Waals surface area contributed by atoms with Gasteiger partial charge in [-0.3, -0.25) is 4.79 Å². The second-order valence-corrected chi connectivity index (χ2v) is 4.76. The van der Waals surface area contributed by atoms with E-state index in [0.29, 0.717) is 5.56 Å². The lowest BCUT2D eigenvalue weighted by Crippen LogP contribution is -1.92. The molecule has 0 radical (unpaired) electrons. The number of benzene rings is 2. The zero-order valence-electron chi connectivity index (χ0n) is 10.1. The van der Waals surface area contributed by atoms with Gasteiger partial charge in [0.15, 0.2) is 5.78 Å². The summed E-state index contributed by atoms with van der Waals surface area (Å²) in [5.41, 5.74) is 1.59. The van der Waals surface area contributed by atoms with E-state index in [0.717, 1.165) is 10.0 Å². The molecule has 0 aliphatic heterocycles. The summed E-state index contributed by atoms with van der Waals surface area (Å²) < 4.78 is 1.02. The molecule has 19 heavy (non-hydrogen) atoms. The summed E-state index contributed by atoms with van der Waals surface area (Å²) in [6.07, 6.45) is 3.07. The summed E-state index contributed by atoms with van der Waals surface area (Å²) in [5.74, 6) is 5.79. The van der Waals surface area contributed by atoms with Crippen LogP contribution in [0.2, 0.25) is 0 Å². The molecule has 0 fully saturated rings. The third-order valence-electron chi connectivity index (χ3n) is 2.44. The van der Waals surface area contributed by atoms with Gasteiger partial charge in [0.1, 0.15) is 0 Å². The molecular formula is C17H11BrO. The maximum Gasteiger partial charge on any atom is 0.186 e. The molecule has 0 heterocycles. The Hall–Kier alpha value is -2.11. The first-order chi connectivity index (χ1) is 9.25. The molecule has 0 aliphatic carbocycles. The highest BCUT2D eigenvalue weighted by atomic mass is 79.9. The van der Waals surface area contributed by atoms with Crippen LogP contribution in [0.3, 0.4) is 0 Å². The molecule has 0 amide bonds. The zero-order valence-corrected chi connectivity index (χ0v) is 11.7. The maximum absolute atomic E-state index is 11.7. The van der Waals surface area contributed by atoms with Gasteiger partial charge >= 0.3 is 0 Å². The number of allylic oxidation sites excluding steroid dienone is 2. The molecule has 0 unspecified atom stereocenters. The van der Waals surface area contributed by atoms with E-state index in [1.807, 2.05) is 42.5 Å². The number of hydrogen-bond donors (Lipinski definition) is 0. The van der Waals surface area contributed by atoms with Crippen LogP contribution in [0.1, 0.15) is 15.9 Å². The molecule has 1 nitrogen and oxygen atoms in total. The van der Waals surface area contributed by atoms with E-state index >= 15 is 0 Å². The first kappa shape index (κ1) is 13.3. The first-order valence-electron chi connectivity index (χ1n) is 5.79. The molecule has 0 aromatic heterocycles. The minimum atomic E-state index is -0.0364. The van der Waals surface area contributed by atoms with Crippen LogP contribution in [0.4, 0.5) is 0 Å². The molecule has 2 rings (SSSR count). The largest absolute Gasteiger partial charge is 0.289 e. The van der Waals surface area contributed by atoms with Crippen molar-refractivity contribution in [2.45, 2.75) is 0 Å². The van der Waals surface area contributed by atoms with Crippen LogP contribution < -0.4 is 0 Å². The van der Waals surface area contributed by atoms with Crippen molar-refractivity contribution in [3.8, 4) is 11.8 Å². The summed E-state index contributed by atoms with van der Waals surface area (Å²) in [7, 11) is 0. The number of rotatable bonds is 2. The highest BCUT2D eigenvalue weighted by molar-refractivity contribution is 9.10. The van der Waals surface area contributed by atoms with Gasteiger partial charge in [-0.15, -0.1) is 0 Å². The molecule has 2 heteroatoms. The quantitative estimate of drug-likeness (QED) is 0.460. The Morgan fingerprint density at radius 1 is 1.00 bits per heavy atom. The van der Waals surface area contributed by atoms with Crippen LogP contribution in [0.25, 0.3) is 0 Å². The molecule has 0 bridgehead atoms. The van der Waals surface area contributed by atoms with Gasteiger partial charge in [-0.2, -0.15) is 0 Å². The fraction of sp³-hybridized carbons (Fsp3) is 0. The van der Waals surface area contributed by atoms with E-state index in [2.05, 4.69) is 27.8 Å². The average Bonchev–Trinajstić information content (AvgIpc) is 2.46. The smallest absolute Gasteiger partial charge is 0.186 e. The number of halogens is 1. The van der Waals surface area contributed by atoms with Crippen LogP contribution in [-0.4, -0.2) is 5.78 Å². The predicted octanol–water partition coefficient (Wildman–Crippen LogP) is 4.24. The van der Waals surface area contributed by atoms with Gasteiger partial charge < -0.3 is 0 Å². The van der Waals surface area contributed by atoms with E-state index < -0.39 is 0 Å². The van der Waals surface area contributed by atoms with Crippen LogP contribution in [-0.2, 0) is 0 Å². The molecular weight excluding hydrogens is 300 g/mol. The summed E-state index contributed by atoms with van der Waals surface area (Å²) in [5, 5.41) is 0. The maximum atomic E-state index is 11.7. The monoisotopic (exact) mass is 310 g/mol. The third-order valence-corrected chi connectivity index (χ3v) is 2.97. The van der Waals surface area contributed by atoms with Gasteiger partial charge in [0, 0.05) is 15.6 Å². The molecule has 0 N–H and O–H groups in total. The van der Waals surface area contributed by atoms with Crippen LogP contribution in [0.15, 0.2) is 71.2 Å². The Morgan fingerprint density at radius 3 is 2.37 bits per heavy atom. The molecule has 0 saturated carbocycles. The summed E-state index contributed by atoms with van der Waals surface area (Å²) in [4.78, 5) is 11.7. The van der Waals surface area contributed by atoms with E-state index in [-0.39, 0.29) is 5.78 Å². The van der Waals surface area contributed by atoms with Crippen molar-refractivity contribution >= 4 is 21.7 Å². The molecule has 0 aliphatic rings. The Morgan fingerprint density at radius 2 is 1.68 bits per heavy atom. The van der Waals surface area contributed by atoms with Gasteiger partial charge in [0.2, 0.25) is 0 Å².